The van der Waals surface area contributed by atoms with Crippen molar-refractivity contribution in [1.82, 2.24) is 0 Å². The molecule has 0 fully saturated rings. The summed E-state index contributed by atoms with van der Waals surface area (Å²) < 4.78 is 4.66. The van der Waals surface area contributed by atoms with E-state index in [-0.39, 0.29) is 29.2 Å². The molecular weight excluding hydrogens is 167 g/mol. The molecule has 0 aromatic heterocycles. The molecule has 0 spiro atoms. The number of carbonyl (C=O) groups excluding carboxylic acids is 1. The molecule has 0 heterocycles. The lowest BCUT2D eigenvalue weighted by Gasteiger charge is -2.10. The van der Waals surface area contributed by atoms with Gasteiger partial charge in [-0.1, -0.05) is 26.7 Å². The molecule has 0 aromatic rings. The first-order valence-corrected chi connectivity index (χ1v) is 4.34. The van der Waals surface area contributed by atoms with E-state index in [1.807, 2.05) is 6.92 Å². The lowest BCUT2D eigenvalue weighted by atomic mass is 10.00. The van der Waals surface area contributed by atoms with Gasteiger partial charge in [0.2, 0.25) is 0 Å². The maximum Gasteiger partial charge on any atom is 0.308 e. The molecule has 1 unspecified atom stereocenters. The minimum atomic E-state index is -0.0547. The van der Waals surface area contributed by atoms with Crippen molar-refractivity contribution in [2.45, 2.75) is 39.5 Å². The second-order valence-corrected chi connectivity index (χ2v) is 2.77. The molecule has 0 saturated heterocycles. The highest BCUT2D eigenvalue weighted by Crippen LogP contribution is 2.13. The van der Waals surface area contributed by atoms with Gasteiger partial charge in [0, 0.05) is 0 Å². The van der Waals surface area contributed by atoms with Crippen molar-refractivity contribution in [2.75, 3.05) is 7.11 Å². The Balaban J connectivity index is 0. The molecule has 72 valence electrons. The Labute approximate surface area is 85.8 Å². The average Bonchev–Trinajstić information content (AvgIpc) is 2.05. The van der Waals surface area contributed by atoms with E-state index in [1.165, 1.54) is 7.11 Å². The molecule has 0 aliphatic rings. The van der Waals surface area contributed by atoms with E-state index in [2.05, 4.69) is 11.7 Å². The molecule has 0 aromatic carbocycles. The SMILES string of the molecule is CCCCC(CC)C(=O)OC.[AlH3]. The van der Waals surface area contributed by atoms with Crippen LogP contribution >= 0.6 is 0 Å². The molecule has 3 heteroatoms. The summed E-state index contributed by atoms with van der Waals surface area (Å²) >= 11 is 0. The van der Waals surface area contributed by atoms with Crippen molar-refractivity contribution in [3.8, 4) is 0 Å². The average molecular weight is 188 g/mol. The summed E-state index contributed by atoms with van der Waals surface area (Å²) in [7, 11) is 1.46. The van der Waals surface area contributed by atoms with Crippen molar-refractivity contribution < 1.29 is 9.53 Å². The van der Waals surface area contributed by atoms with Crippen molar-refractivity contribution in [2.24, 2.45) is 5.92 Å². The molecular formula is C9H21AlO2. The second kappa shape index (κ2) is 9.09. The Hall–Kier alpha value is 0.00247. The molecule has 1 atom stereocenters. The van der Waals surface area contributed by atoms with E-state index in [0.717, 1.165) is 25.7 Å². The van der Waals surface area contributed by atoms with E-state index >= 15 is 0 Å². The van der Waals surface area contributed by atoms with Crippen LogP contribution in [0, 0.1) is 5.92 Å². The fraction of sp³-hybridized carbons (Fsp3) is 0.889. The van der Waals surface area contributed by atoms with Gasteiger partial charge >= 0.3 is 5.97 Å². The summed E-state index contributed by atoms with van der Waals surface area (Å²) in [6.07, 6.45) is 4.13. The van der Waals surface area contributed by atoms with Crippen LogP contribution in [0.1, 0.15) is 39.5 Å². The monoisotopic (exact) mass is 188 g/mol. The number of methoxy groups -OCH3 is 1. The summed E-state index contributed by atoms with van der Waals surface area (Å²) in [6.45, 7) is 4.15. The van der Waals surface area contributed by atoms with E-state index < -0.39 is 0 Å². The van der Waals surface area contributed by atoms with Crippen LogP contribution in [0.4, 0.5) is 0 Å². The van der Waals surface area contributed by atoms with Crippen LogP contribution in [0.5, 0.6) is 0 Å². The molecule has 0 bridgehead atoms. The van der Waals surface area contributed by atoms with Crippen LogP contribution in [-0.2, 0) is 9.53 Å². The number of ether oxygens (including phenoxy) is 1. The zero-order valence-corrected chi connectivity index (χ0v) is 7.72. The molecule has 0 N–H and O–H groups in total. The third kappa shape index (κ3) is 5.63. The van der Waals surface area contributed by atoms with E-state index in [4.69, 9.17) is 0 Å². The Morgan fingerprint density at radius 2 is 2.00 bits per heavy atom. The van der Waals surface area contributed by atoms with Gasteiger partial charge in [-0.2, -0.15) is 0 Å². The van der Waals surface area contributed by atoms with Gasteiger partial charge in [0.25, 0.3) is 0 Å². The quantitative estimate of drug-likeness (QED) is 0.478. The third-order valence-corrected chi connectivity index (χ3v) is 1.93. The largest absolute Gasteiger partial charge is 0.469 e. The Morgan fingerprint density at radius 1 is 1.42 bits per heavy atom. The normalized spacial score (nSPS) is 11.6. The number of hydrogen-bond acceptors (Lipinski definition) is 2. The van der Waals surface area contributed by atoms with Crippen LogP contribution < -0.4 is 0 Å². The highest BCUT2D eigenvalue weighted by molar-refractivity contribution is 5.75. The minimum absolute atomic E-state index is 0. The maximum absolute atomic E-state index is 11.0. The van der Waals surface area contributed by atoms with Crippen LogP contribution in [0.3, 0.4) is 0 Å². The second-order valence-electron chi connectivity index (χ2n) is 2.77. The fourth-order valence-electron chi connectivity index (χ4n) is 1.11. The molecule has 0 saturated carbocycles. The first kappa shape index (κ1) is 14.5. The summed E-state index contributed by atoms with van der Waals surface area (Å²) in [6, 6.07) is 0. The van der Waals surface area contributed by atoms with Gasteiger partial charge in [-0.3, -0.25) is 4.79 Å². The minimum Gasteiger partial charge on any atom is -0.469 e. The molecule has 2 nitrogen and oxygen atoms in total. The number of hydrogen-bond donors (Lipinski definition) is 0. The molecule has 12 heavy (non-hydrogen) atoms. The molecule has 0 aliphatic carbocycles. The van der Waals surface area contributed by atoms with E-state index in [0.29, 0.717) is 0 Å². The molecule has 0 aliphatic heterocycles. The first-order valence-electron chi connectivity index (χ1n) is 4.34. The Bertz CT molecular complexity index is 115. The predicted molar refractivity (Wildman–Crippen MR) is 55.3 cm³/mol. The van der Waals surface area contributed by atoms with Crippen molar-refractivity contribution in [3.05, 3.63) is 0 Å². The van der Waals surface area contributed by atoms with Crippen LogP contribution in [0.25, 0.3) is 0 Å². The van der Waals surface area contributed by atoms with Gasteiger partial charge in [-0.05, 0) is 12.8 Å². The number of carbonyl (C=O) groups is 1. The van der Waals surface area contributed by atoms with Gasteiger partial charge in [0.1, 0.15) is 0 Å². The predicted octanol–water partition coefficient (Wildman–Crippen LogP) is 1.19. The van der Waals surface area contributed by atoms with Gasteiger partial charge in [-0.25, -0.2) is 0 Å². The van der Waals surface area contributed by atoms with Crippen LogP contribution in [-0.4, -0.2) is 30.4 Å². The first-order chi connectivity index (χ1) is 5.26. The Morgan fingerprint density at radius 3 is 2.33 bits per heavy atom. The highest BCUT2D eigenvalue weighted by Gasteiger charge is 2.15. The number of rotatable bonds is 5. The summed E-state index contributed by atoms with van der Waals surface area (Å²) in [5, 5.41) is 0. The van der Waals surface area contributed by atoms with Gasteiger partial charge in [0.15, 0.2) is 17.4 Å². The van der Waals surface area contributed by atoms with Crippen molar-refractivity contribution in [3.63, 3.8) is 0 Å². The zero-order chi connectivity index (χ0) is 8.69. The van der Waals surface area contributed by atoms with E-state index in [9.17, 15) is 4.79 Å². The summed E-state index contributed by atoms with van der Waals surface area (Å²) in [5.41, 5.74) is 0. The Kier molecular flexibility index (Phi) is 11.0. The van der Waals surface area contributed by atoms with Gasteiger partial charge in [-0.15, -0.1) is 0 Å². The van der Waals surface area contributed by atoms with Crippen LogP contribution in [0.2, 0.25) is 0 Å². The smallest absolute Gasteiger partial charge is 0.308 e. The summed E-state index contributed by atoms with van der Waals surface area (Å²) in [4.78, 5) is 11.0. The lowest BCUT2D eigenvalue weighted by molar-refractivity contribution is -0.145. The number of unbranched alkanes of at least 4 members (excludes halogenated alkanes) is 1. The fourth-order valence-corrected chi connectivity index (χ4v) is 1.11. The van der Waals surface area contributed by atoms with E-state index in [1.54, 1.807) is 0 Å². The molecule has 0 rings (SSSR count). The maximum atomic E-state index is 11.0. The topological polar surface area (TPSA) is 26.3 Å². The zero-order valence-electron chi connectivity index (χ0n) is 7.72. The number of esters is 1. The van der Waals surface area contributed by atoms with Gasteiger partial charge in [0.05, 0.1) is 13.0 Å². The lowest BCUT2D eigenvalue weighted by Crippen LogP contribution is -2.14. The van der Waals surface area contributed by atoms with Crippen LogP contribution in [0.15, 0.2) is 0 Å². The summed E-state index contributed by atoms with van der Waals surface area (Å²) in [5.74, 6) is 0.0703. The standard InChI is InChI=1S/C9H18O2.Al.3H/c1-4-6-7-8(5-2)9(10)11-3;;;;/h8H,4-7H2,1-3H3;;;;. The van der Waals surface area contributed by atoms with Gasteiger partial charge < -0.3 is 4.74 Å². The highest BCUT2D eigenvalue weighted by atomic mass is 27.0. The molecule has 0 radical (unpaired) electrons. The van der Waals surface area contributed by atoms with Crippen molar-refractivity contribution >= 4 is 23.3 Å². The third-order valence-electron chi connectivity index (χ3n) is 1.93. The van der Waals surface area contributed by atoms with Crippen molar-refractivity contribution in [1.29, 1.82) is 0 Å². The molecule has 0 amide bonds.